The van der Waals surface area contributed by atoms with Gasteiger partial charge in [0.05, 0.1) is 0 Å². The Labute approximate surface area is 142 Å². The number of nitrogens with one attached hydrogen (secondary N) is 1. The molecule has 0 bridgehead atoms. The second kappa shape index (κ2) is 8.34. The highest BCUT2D eigenvalue weighted by Gasteiger charge is 2.18. The molecule has 0 fully saturated rings. The third-order valence-corrected chi connectivity index (χ3v) is 3.67. The molecule has 0 aliphatic rings. The summed E-state index contributed by atoms with van der Waals surface area (Å²) in [5.74, 6) is -0.0340. The number of nitrogens with zero attached hydrogens (tertiary/aromatic N) is 1. The Bertz CT molecular complexity index is 654. The summed E-state index contributed by atoms with van der Waals surface area (Å²) in [6.07, 6.45) is -0.0699. The van der Waals surface area contributed by atoms with Crippen LogP contribution in [0.4, 0.5) is 10.1 Å². The molecule has 0 saturated carbocycles. The van der Waals surface area contributed by atoms with Crippen molar-refractivity contribution in [2.24, 2.45) is 0 Å². The highest BCUT2D eigenvalue weighted by atomic mass is 19.1. The lowest BCUT2D eigenvalue weighted by Crippen LogP contribution is -2.37. The fraction of sp³-hybridized carbons (Fsp3) is 0.316. The van der Waals surface area contributed by atoms with Crippen LogP contribution in [0.5, 0.6) is 5.75 Å². The summed E-state index contributed by atoms with van der Waals surface area (Å²) in [6, 6.07) is 13.6. The van der Waals surface area contributed by atoms with Gasteiger partial charge in [-0.1, -0.05) is 19.1 Å². The minimum absolute atomic E-state index is 0.182. The third kappa shape index (κ3) is 4.98. The smallest absolute Gasteiger partial charge is 0.261 e. The van der Waals surface area contributed by atoms with Crippen LogP contribution in [0.25, 0.3) is 0 Å². The Balaban J connectivity index is 1.90. The zero-order valence-corrected chi connectivity index (χ0v) is 14.3. The number of carbonyl (C=O) groups excluding carboxylic acids is 1. The number of amides is 1. The van der Waals surface area contributed by atoms with Crippen molar-refractivity contribution in [1.82, 2.24) is 5.32 Å². The fourth-order valence-corrected chi connectivity index (χ4v) is 2.21. The van der Waals surface area contributed by atoms with E-state index in [1.54, 1.807) is 0 Å². The van der Waals surface area contributed by atoms with Crippen molar-refractivity contribution in [3.8, 4) is 5.75 Å². The number of ether oxygens (including phenoxy) is 1. The second-order valence-electron chi connectivity index (χ2n) is 5.75. The molecule has 2 aromatic carbocycles. The second-order valence-corrected chi connectivity index (χ2v) is 5.75. The molecule has 0 spiro atoms. The van der Waals surface area contributed by atoms with Crippen LogP contribution in [0, 0.1) is 5.82 Å². The largest absolute Gasteiger partial charge is 0.481 e. The number of hydrogen-bond donors (Lipinski definition) is 1. The summed E-state index contributed by atoms with van der Waals surface area (Å²) >= 11 is 0. The molecule has 0 aliphatic carbocycles. The lowest BCUT2D eigenvalue weighted by atomic mass is 10.2. The molecule has 1 N–H and O–H groups in total. The zero-order chi connectivity index (χ0) is 17.5. The normalized spacial score (nSPS) is 11.7. The van der Waals surface area contributed by atoms with Crippen LogP contribution < -0.4 is 15.0 Å². The van der Waals surface area contributed by atoms with Gasteiger partial charge in [0, 0.05) is 26.3 Å². The van der Waals surface area contributed by atoms with E-state index in [2.05, 4.69) is 5.32 Å². The van der Waals surface area contributed by atoms with Crippen molar-refractivity contribution in [2.45, 2.75) is 26.0 Å². The number of carbonyl (C=O) groups is 1. The first-order chi connectivity index (χ1) is 11.5. The summed E-state index contributed by atoms with van der Waals surface area (Å²) in [5.41, 5.74) is 2.13. The van der Waals surface area contributed by atoms with Crippen LogP contribution >= 0.6 is 0 Å². The van der Waals surface area contributed by atoms with E-state index in [-0.39, 0.29) is 11.7 Å². The molecule has 1 unspecified atom stereocenters. The van der Waals surface area contributed by atoms with E-state index in [4.69, 9.17) is 4.74 Å². The van der Waals surface area contributed by atoms with Crippen molar-refractivity contribution in [3.63, 3.8) is 0 Å². The molecule has 0 heterocycles. The number of rotatable bonds is 7. The summed E-state index contributed by atoms with van der Waals surface area (Å²) in [6.45, 7) is 2.31. The van der Waals surface area contributed by atoms with E-state index in [1.165, 1.54) is 24.3 Å². The van der Waals surface area contributed by atoms with Gasteiger partial charge in [-0.2, -0.15) is 0 Å². The molecule has 5 heteroatoms. The summed E-state index contributed by atoms with van der Waals surface area (Å²) < 4.78 is 18.5. The van der Waals surface area contributed by atoms with E-state index in [0.29, 0.717) is 18.7 Å². The van der Waals surface area contributed by atoms with E-state index in [0.717, 1.165) is 11.3 Å². The maximum Gasteiger partial charge on any atom is 0.261 e. The molecule has 0 aromatic heterocycles. The molecule has 1 amide bonds. The van der Waals surface area contributed by atoms with Crippen molar-refractivity contribution >= 4 is 11.6 Å². The highest BCUT2D eigenvalue weighted by Crippen LogP contribution is 2.15. The minimum Gasteiger partial charge on any atom is -0.481 e. The van der Waals surface area contributed by atoms with Gasteiger partial charge >= 0.3 is 0 Å². The van der Waals surface area contributed by atoms with Crippen molar-refractivity contribution in [2.75, 3.05) is 19.0 Å². The SMILES string of the molecule is CCC(Oc1ccc(F)cc1)C(=O)NCc1ccc(N(C)C)cc1. The fourth-order valence-electron chi connectivity index (χ4n) is 2.21. The average Bonchev–Trinajstić information content (AvgIpc) is 2.59. The maximum absolute atomic E-state index is 12.9. The predicted molar refractivity (Wildman–Crippen MR) is 93.7 cm³/mol. The summed E-state index contributed by atoms with van der Waals surface area (Å²) in [5, 5.41) is 2.88. The molecule has 4 nitrogen and oxygen atoms in total. The Morgan fingerprint density at radius 3 is 2.29 bits per heavy atom. The molecule has 0 saturated heterocycles. The summed E-state index contributed by atoms with van der Waals surface area (Å²) in [7, 11) is 3.96. The minimum atomic E-state index is -0.600. The van der Waals surface area contributed by atoms with Crippen LogP contribution in [0.2, 0.25) is 0 Å². The highest BCUT2D eigenvalue weighted by molar-refractivity contribution is 5.81. The van der Waals surface area contributed by atoms with E-state index >= 15 is 0 Å². The lowest BCUT2D eigenvalue weighted by Gasteiger charge is -2.17. The Kier molecular flexibility index (Phi) is 6.18. The van der Waals surface area contributed by atoms with Crippen LogP contribution in [-0.2, 0) is 11.3 Å². The predicted octanol–water partition coefficient (Wildman–Crippen LogP) is 3.37. The van der Waals surface area contributed by atoms with Gasteiger partial charge in [0.15, 0.2) is 6.10 Å². The third-order valence-electron chi connectivity index (χ3n) is 3.67. The van der Waals surface area contributed by atoms with E-state index in [9.17, 15) is 9.18 Å². The molecule has 2 rings (SSSR count). The Morgan fingerprint density at radius 2 is 1.75 bits per heavy atom. The van der Waals surface area contributed by atoms with Gasteiger partial charge in [-0.3, -0.25) is 4.79 Å². The first-order valence-electron chi connectivity index (χ1n) is 7.95. The maximum atomic E-state index is 12.9. The first kappa shape index (κ1) is 17.8. The average molecular weight is 330 g/mol. The van der Waals surface area contributed by atoms with Crippen LogP contribution in [0.15, 0.2) is 48.5 Å². The number of anilines is 1. The van der Waals surface area contributed by atoms with Gasteiger partial charge in [0.2, 0.25) is 0 Å². The van der Waals surface area contributed by atoms with Crippen molar-refractivity contribution in [1.29, 1.82) is 0 Å². The number of benzene rings is 2. The molecular weight excluding hydrogens is 307 g/mol. The number of hydrogen-bond acceptors (Lipinski definition) is 3. The van der Waals surface area contributed by atoms with Crippen LogP contribution in [0.3, 0.4) is 0 Å². The van der Waals surface area contributed by atoms with Gasteiger partial charge in [-0.05, 0) is 48.4 Å². The standard InChI is InChI=1S/C19H23FN2O2/c1-4-18(24-17-11-7-15(20)8-12-17)19(23)21-13-14-5-9-16(10-6-14)22(2)3/h5-12,18H,4,13H2,1-3H3,(H,21,23). The van der Waals surface area contributed by atoms with Crippen molar-refractivity contribution < 1.29 is 13.9 Å². The topological polar surface area (TPSA) is 41.6 Å². The molecule has 24 heavy (non-hydrogen) atoms. The Hall–Kier alpha value is -2.56. The monoisotopic (exact) mass is 330 g/mol. The summed E-state index contributed by atoms with van der Waals surface area (Å²) in [4.78, 5) is 14.3. The van der Waals surface area contributed by atoms with E-state index in [1.807, 2.05) is 50.2 Å². The van der Waals surface area contributed by atoms with Gasteiger partial charge < -0.3 is 15.0 Å². The van der Waals surface area contributed by atoms with Gasteiger partial charge in [-0.25, -0.2) is 4.39 Å². The van der Waals surface area contributed by atoms with Crippen LogP contribution in [-0.4, -0.2) is 26.1 Å². The molecular formula is C19H23FN2O2. The molecule has 128 valence electrons. The number of halogens is 1. The zero-order valence-electron chi connectivity index (χ0n) is 14.3. The van der Waals surface area contributed by atoms with Gasteiger partial charge in [-0.15, -0.1) is 0 Å². The lowest BCUT2D eigenvalue weighted by molar-refractivity contribution is -0.128. The molecule has 1 atom stereocenters. The quantitative estimate of drug-likeness (QED) is 0.846. The molecule has 2 aromatic rings. The van der Waals surface area contributed by atoms with Crippen molar-refractivity contribution in [3.05, 3.63) is 59.9 Å². The Morgan fingerprint density at radius 1 is 1.12 bits per heavy atom. The molecule has 0 aliphatic heterocycles. The van der Waals surface area contributed by atoms with Gasteiger partial charge in [0.1, 0.15) is 11.6 Å². The van der Waals surface area contributed by atoms with Gasteiger partial charge in [0.25, 0.3) is 5.91 Å². The van der Waals surface area contributed by atoms with E-state index < -0.39 is 6.10 Å². The van der Waals surface area contributed by atoms with Crippen LogP contribution in [0.1, 0.15) is 18.9 Å². The molecule has 0 radical (unpaired) electrons. The first-order valence-corrected chi connectivity index (χ1v) is 7.95.